The molecule has 0 saturated carbocycles. The lowest BCUT2D eigenvalue weighted by atomic mass is 10.3. The second-order valence-electron chi connectivity index (χ2n) is 2.79. The molecule has 0 amide bonds. The number of esters is 2. The summed E-state index contributed by atoms with van der Waals surface area (Å²) in [7, 11) is 1.49. The quantitative estimate of drug-likeness (QED) is 0.438. The van der Waals surface area contributed by atoms with Crippen molar-refractivity contribution in [2.24, 2.45) is 0 Å². The molecule has 16 heavy (non-hydrogen) atoms. The Hall–Kier alpha value is -2.04. The molecule has 1 rings (SSSR count). The lowest BCUT2D eigenvalue weighted by Crippen LogP contribution is -2.22. The highest BCUT2D eigenvalue weighted by Gasteiger charge is 2.17. The van der Waals surface area contributed by atoms with E-state index in [0.29, 0.717) is 5.75 Å². The van der Waals surface area contributed by atoms with Gasteiger partial charge in [0, 0.05) is 6.07 Å². The van der Waals surface area contributed by atoms with E-state index in [1.54, 1.807) is 25.1 Å². The molecule has 0 radical (unpaired) electrons. The molecule has 5 heteroatoms. The van der Waals surface area contributed by atoms with Gasteiger partial charge in [0.2, 0.25) is 0 Å². The van der Waals surface area contributed by atoms with Gasteiger partial charge in [0.15, 0.2) is 0 Å². The van der Waals surface area contributed by atoms with Gasteiger partial charge in [-0.25, -0.2) is 9.59 Å². The first-order valence-electron chi connectivity index (χ1n) is 4.70. The average Bonchev–Trinajstić information content (AvgIpc) is 2.29. The first kappa shape index (κ1) is 12.0. The van der Waals surface area contributed by atoms with Gasteiger partial charge in [0.05, 0.1) is 13.7 Å². The van der Waals surface area contributed by atoms with Crippen molar-refractivity contribution in [1.82, 2.24) is 0 Å². The monoisotopic (exact) mass is 224 g/mol. The molecule has 0 N–H and O–H groups in total. The van der Waals surface area contributed by atoms with Gasteiger partial charge in [0.1, 0.15) is 11.5 Å². The number of rotatable bonds is 3. The van der Waals surface area contributed by atoms with Crippen LogP contribution in [0.1, 0.15) is 6.92 Å². The third kappa shape index (κ3) is 3.27. The molecular formula is C11H12O5. The Morgan fingerprint density at radius 3 is 2.50 bits per heavy atom. The molecule has 0 aliphatic heterocycles. The maximum absolute atomic E-state index is 11.2. The molecule has 0 aliphatic carbocycles. The van der Waals surface area contributed by atoms with Crippen LogP contribution in [0.4, 0.5) is 0 Å². The zero-order valence-corrected chi connectivity index (χ0v) is 9.06. The van der Waals surface area contributed by atoms with Crippen LogP contribution in [0.2, 0.25) is 0 Å². The van der Waals surface area contributed by atoms with E-state index in [4.69, 9.17) is 9.47 Å². The van der Waals surface area contributed by atoms with E-state index in [-0.39, 0.29) is 12.4 Å². The number of benzene rings is 1. The van der Waals surface area contributed by atoms with E-state index >= 15 is 0 Å². The van der Waals surface area contributed by atoms with Gasteiger partial charge in [0.25, 0.3) is 0 Å². The Kier molecular flexibility index (Phi) is 4.32. The second kappa shape index (κ2) is 5.75. The summed E-state index contributed by atoms with van der Waals surface area (Å²) in [4.78, 5) is 22.1. The van der Waals surface area contributed by atoms with E-state index in [0.717, 1.165) is 0 Å². The molecule has 0 fully saturated rings. The van der Waals surface area contributed by atoms with E-state index in [1.807, 2.05) is 0 Å². The molecule has 1 aromatic rings. The summed E-state index contributed by atoms with van der Waals surface area (Å²) in [5.74, 6) is -1.29. The van der Waals surface area contributed by atoms with Gasteiger partial charge in [-0.3, -0.25) is 0 Å². The predicted molar refractivity (Wildman–Crippen MR) is 55.3 cm³/mol. The van der Waals surface area contributed by atoms with Crippen LogP contribution in [0.25, 0.3) is 0 Å². The molecule has 86 valence electrons. The summed E-state index contributed by atoms with van der Waals surface area (Å²) in [5.41, 5.74) is 0. The summed E-state index contributed by atoms with van der Waals surface area (Å²) in [5, 5.41) is 0. The highest BCUT2D eigenvalue weighted by Crippen LogP contribution is 2.18. The van der Waals surface area contributed by atoms with Crippen LogP contribution in [0.15, 0.2) is 24.3 Å². The maximum atomic E-state index is 11.2. The van der Waals surface area contributed by atoms with Crippen LogP contribution in [0.5, 0.6) is 11.5 Å². The van der Waals surface area contributed by atoms with Crippen molar-refractivity contribution in [3.8, 4) is 11.5 Å². The van der Waals surface area contributed by atoms with Gasteiger partial charge in [-0.1, -0.05) is 6.07 Å². The summed E-state index contributed by atoms with van der Waals surface area (Å²) in [6.07, 6.45) is 0. The number of hydrogen-bond donors (Lipinski definition) is 0. The lowest BCUT2D eigenvalue weighted by molar-refractivity contribution is -0.161. The molecule has 1 aromatic carbocycles. The molecular weight excluding hydrogens is 212 g/mol. The fraction of sp³-hybridized carbons (Fsp3) is 0.273. The summed E-state index contributed by atoms with van der Waals surface area (Å²) in [6, 6.07) is 6.38. The average molecular weight is 224 g/mol. The summed E-state index contributed by atoms with van der Waals surface area (Å²) < 4.78 is 14.2. The van der Waals surface area contributed by atoms with Crippen molar-refractivity contribution in [2.75, 3.05) is 13.7 Å². The van der Waals surface area contributed by atoms with Crippen molar-refractivity contribution in [3.05, 3.63) is 24.3 Å². The van der Waals surface area contributed by atoms with Gasteiger partial charge in [-0.2, -0.15) is 0 Å². The van der Waals surface area contributed by atoms with Gasteiger partial charge in [-0.15, -0.1) is 0 Å². The van der Waals surface area contributed by atoms with Crippen LogP contribution in [-0.2, 0) is 14.3 Å². The number of ether oxygens (including phenoxy) is 3. The van der Waals surface area contributed by atoms with Crippen molar-refractivity contribution in [1.29, 1.82) is 0 Å². The molecule has 0 aliphatic rings. The molecule has 5 nitrogen and oxygen atoms in total. The third-order valence-electron chi connectivity index (χ3n) is 1.69. The smallest absolute Gasteiger partial charge is 0.422 e. The third-order valence-corrected chi connectivity index (χ3v) is 1.69. The van der Waals surface area contributed by atoms with E-state index < -0.39 is 11.9 Å². The van der Waals surface area contributed by atoms with Crippen molar-refractivity contribution < 1.29 is 23.8 Å². The maximum Gasteiger partial charge on any atom is 0.422 e. The van der Waals surface area contributed by atoms with Crippen molar-refractivity contribution in [3.63, 3.8) is 0 Å². The molecule has 0 bridgehead atoms. The molecule has 0 saturated heterocycles. The van der Waals surface area contributed by atoms with Crippen LogP contribution >= 0.6 is 0 Å². The van der Waals surface area contributed by atoms with Crippen LogP contribution < -0.4 is 9.47 Å². The topological polar surface area (TPSA) is 61.8 Å². The Balaban J connectivity index is 2.65. The Morgan fingerprint density at radius 2 is 1.88 bits per heavy atom. The largest absolute Gasteiger partial charge is 0.497 e. The minimum Gasteiger partial charge on any atom is -0.497 e. The highest BCUT2D eigenvalue weighted by molar-refractivity contribution is 6.30. The van der Waals surface area contributed by atoms with E-state index in [1.165, 1.54) is 13.2 Å². The second-order valence-corrected chi connectivity index (χ2v) is 2.79. The Morgan fingerprint density at radius 1 is 1.19 bits per heavy atom. The molecule has 0 atom stereocenters. The van der Waals surface area contributed by atoms with Crippen LogP contribution in [0.3, 0.4) is 0 Å². The van der Waals surface area contributed by atoms with Gasteiger partial charge < -0.3 is 14.2 Å². The van der Waals surface area contributed by atoms with Gasteiger partial charge in [-0.05, 0) is 19.1 Å². The summed E-state index contributed by atoms with van der Waals surface area (Å²) >= 11 is 0. The zero-order valence-electron chi connectivity index (χ0n) is 9.06. The lowest BCUT2D eigenvalue weighted by Gasteiger charge is -2.05. The van der Waals surface area contributed by atoms with E-state index in [2.05, 4.69) is 4.74 Å². The van der Waals surface area contributed by atoms with E-state index in [9.17, 15) is 9.59 Å². The molecule has 0 unspecified atom stereocenters. The van der Waals surface area contributed by atoms with Crippen molar-refractivity contribution in [2.45, 2.75) is 6.92 Å². The molecule has 0 aromatic heterocycles. The molecule has 0 spiro atoms. The first-order valence-corrected chi connectivity index (χ1v) is 4.70. The normalized spacial score (nSPS) is 9.38. The first-order chi connectivity index (χ1) is 7.67. The minimum absolute atomic E-state index is 0.131. The fourth-order valence-electron chi connectivity index (χ4n) is 1.00. The van der Waals surface area contributed by atoms with Gasteiger partial charge >= 0.3 is 11.9 Å². The minimum atomic E-state index is -1.05. The van der Waals surface area contributed by atoms with Crippen LogP contribution in [0, 0.1) is 0 Å². The van der Waals surface area contributed by atoms with Crippen LogP contribution in [-0.4, -0.2) is 25.7 Å². The fourth-order valence-corrected chi connectivity index (χ4v) is 1.00. The summed E-state index contributed by atoms with van der Waals surface area (Å²) in [6.45, 7) is 1.74. The van der Waals surface area contributed by atoms with Crippen molar-refractivity contribution >= 4 is 11.9 Å². The standard InChI is InChI=1S/C11H12O5/c1-3-15-10(12)11(13)16-9-6-4-5-8(7-9)14-2/h4-7H,3H2,1-2H3. The Bertz CT molecular complexity index is 386. The Labute approximate surface area is 92.9 Å². The number of methoxy groups -OCH3 is 1. The number of carbonyl (C=O) groups excluding carboxylic acids is 2. The predicted octanol–water partition coefficient (Wildman–Crippen LogP) is 1.16. The number of hydrogen-bond acceptors (Lipinski definition) is 5. The number of carbonyl (C=O) groups is 2. The SMILES string of the molecule is CCOC(=O)C(=O)Oc1cccc(OC)c1. The highest BCUT2D eigenvalue weighted by atomic mass is 16.6. The molecule has 0 heterocycles. The zero-order chi connectivity index (χ0) is 12.0.